The van der Waals surface area contributed by atoms with Crippen LogP contribution in [0.3, 0.4) is 0 Å². The Morgan fingerprint density at radius 2 is 2.33 bits per heavy atom. The van der Waals surface area contributed by atoms with Crippen LogP contribution in [0.5, 0.6) is 0 Å². The van der Waals surface area contributed by atoms with Crippen molar-refractivity contribution in [2.75, 3.05) is 13.2 Å². The summed E-state index contributed by atoms with van der Waals surface area (Å²) in [6.07, 6.45) is 2.66. The highest BCUT2D eigenvalue weighted by Gasteiger charge is 2.13. The number of hydrogen-bond acceptors (Lipinski definition) is 2. The van der Waals surface area contributed by atoms with Crippen molar-refractivity contribution in [3.8, 4) is 0 Å². The van der Waals surface area contributed by atoms with E-state index in [4.69, 9.17) is 10.2 Å². The average molecular weight is 145 g/mol. The minimum Gasteiger partial charge on any atom is -0.420 e. The maximum Gasteiger partial charge on any atom is 0.178 e. The van der Waals surface area contributed by atoms with Gasteiger partial charge in [0, 0.05) is 6.61 Å². The monoisotopic (exact) mass is 145 g/mol. The zero-order valence-corrected chi connectivity index (χ0v) is 6.96. The van der Waals surface area contributed by atoms with Gasteiger partial charge in [0.2, 0.25) is 0 Å². The summed E-state index contributed by atoms with van der Waals surface area (Å²) >= 11 is 0. The number of rotatable bonds is 2. The molecule has 1 aliphatic rings. The van der Waals surface area contributed by atoms with E-state index < -0.39 is 9.04 Å². The summed E-state index contributed by atoms with van der Waals surface area (Å²) in [7, 11) is -0.751. The second kappa shape index (κ2) is 4.03. The van der Waals surface area contributed by atoms with Crippen molar-refractivity contribution in [1.82, 2.24) is 0 Å². The van der Waals surface area contributed by atoms with Crippen molar-refractivity contribution in [3.05, 3.63) is 0 Å². The van der Waals surface area contributed by atoms with Crippen LogP contribution in [0.1, 0.15) is 12.8 Å². The van der Waals surface area contributed by atoms with Gasteiger partial charge >= 0.3 is 0 Å². The van der Waals surface area contributed by atoms with E-state index in [1.54, 1.807) is 0 Å². The highest BCUT2D eigenvalue weighted by molar-refractivity contribution is 6.52. The number of nitrogens with two attached hydrogens (primary N) is 1. The molecule has 1 saturated heterocycles. The Hall–Kier alpha value is 0.137. The molecular formula is C6H15NOSi. The molecule has 1 aliphatic heterocycles. The molecule has 1 heterocycles. The summed E-state index contributed by atoms with van der Waals surface area (Å²) < 4.78 is 5.58. The molecule has 1 rings (SSSR count). The fraction of sp³-hybridized carbons (Fsp3) is 1.00. The van der Waals surface area contributed by atoms with Crippen molar-refractivity contribution < 1.29 is 4.43 Å². The Morgan fingerprint density at radius 1 is 1.44 bits per heavy atom. The Morgan fingerprint density at radius 3 is 2.89 bits per heavy atom. The largest absolute Gasteiger partial charge is 0.420 e. The fourth-order valence-electron chi connectivity index (χ4n) is 1.22. The van der Waals surface area contributed by atoms with Crippen molar-refractivity contribution in [2.45, 2.75) is 24.9 Å². The van der Waals surface area contributed by atoms with Crippen LogP contribution < -0.4 is 5.73 Å². The minimum absolute atomic E-state index is 0.751. The van der Waals surface area contributed by atoms with Crippen LogP contribution in [0.15, 0.2) is 0 Å². The van der Waals surface area contributed by atoms with Crippen LogP contribution in [-0.4, -0.2) is 22.2 Å². The van der Waals surface area contributed by atoms with Gasteiger partial charge in [0.05, 0.1) is 0 Å². The third kappa shape index (κ3) is 2.47. The molecule has 0 radical (unpaired) electrons. The molecule has 2 N–H and O–H groups in total. The van der Waals surface area contributed by atoms with E-state index in [0.717, 1.165) is 13.2 Å². The molecule has 1 atom stereocenters. The first-order valence-corrected chi connectivity index (χ1v) is 5.85. The van der Waals surface area contributed by atoms with E-state index in [1.165, 1.54) is 24.9 Å². The summed E-state index contributed by atoms with van der Waals surface area (Å²) in [5.74, 6) is 0. The Balaban J connectivity index is 2.08. The topological polar surface area (TPSA) is 35.2 Å². The first kappa shape index (κ1) is 7.25. The Labute approximate surface area is 58.1 Å². The summed E-state index contributed by atoms with van der Waals surface area (Å²) in [5.41, 5.74) is 5.41. The lowest BCUT2D eigenvalue weighted by atomic mass is 10.4. The van der Waals surface area contributed by atoms with Crippen molar-refractivity contribution in [1.29, 1.82) is 0 Å². The third-order valence-electron chi connectivity index (χ3n) is 1.76. The first-order chi connectivity index (χ1) is 4.43. The van der Waals surface area contributed by atoms with Gasteiger partial charge in [0.1, 0.15) is 0 Å². The van der Waals surface area contributed by atoms with Crippen LogP contribution in [0.2, 0.25) is 12.1 Å². The summed E-state index contributed by atoms with van der Waals surface area (Å²) in [4.78, 5) is 0. The lowest BCUT2D eigenvalue weighted by Gasteiger charge is -2.19. The van der Waals surface area contributed by atoms with Gasteiger partial charge in [-0.05, 0) is 25.1 Å². The lowest BCUT2D eigenvalue weighted by Crippen LogP contribution is -2.25. The van der Waals surface area contributed by atoms with Gasteiger partial charge in [0.15, 0.2) is 9.04 Å². The van der Waals surface area contributed by atoms with Crippen LogP contribution in [-0.2, 0) is 4.43 Å². The van der Waals surface area contributed by atoms with E-state index in [9.17, 15) is 0 Å². The van der Waals surface area contributed by atoms with E-state index >= 15 is 0 Å². The van der Waals surface area contributed by atoms with Gasteiger partial charge in [-0.1, -0.05) is 6.42 Å². The molecule has 0 aromatic heterocycles. The van der Waals surface area contributed by atoms with E-state index in [0.29, 0.717) is 0 Å². The molecule has 1 fully saturated rings. The van der Waals surface area contributed by atoms with E-state index in [-0.39, 0.29) is 0 Å². The molecule has 0 spiro atoms. The predicted molar refractivity (Wildman–Crippen MR) is 41.0 cm³/mol. The first-order valence-electron chi connectivity index (χ1n) is 3.75. The molecule has 0 bridgehead atoms. The molecule has 2 nitrogen and oxygen atoms in total. The number of hydrogen-bond donors (Lipinski definition) is 1. The smallest absolute Gasteiger partial charge is 0.178 e. The second-order valence-corrected chi connectivity index (χ2v) is 5.30. The zero-order chi connectivity index (χ0) is 6.53. The molecular weight excluding hydrogens is 130 g/mol. The second-order valence-electron chi connectivity index (χ2n) is 2.57. The zero-order valence-electron chi connectivity index (χ0n) is 5.81. The maximum absolute atomic E-state index is 5.58. The van der Waals surface area contributed by atoms with Crippen LogP contribution in [0.4, 0.5) is 0 Å². The highest BCUT2D eigenvalue weighted by Crippen LogP contribution is 2.12. The van der Waals surface area contributed by atoms with Gasteiger partial charge in [-0.2, -0.15) is 0 Å². The standard InChI is InChI=1S/C6H15NOSi/c7-3-6-9-5-2-1-4-8-9/h9H,1-7H2. The van der Waals surface area contributed by atoms with Crippen LogP contribution in [0, 0.1) is 0 Å². The lowest BCUT2D eigenvalue weighted by molar-refractivity contribution is 0.287. The molecule has 9 heavy (non-hydrogen) atoms. The Bertz CT molecular complexity index is 70.7. The van der Waals surface area contributed by atoms with Crippen molar-refractivity contribution >= 4 is 9.04 Å². The molecule has 0 aromatic rings. The molecule has 0 aromatic carbocycles. The third-order valence-corrected chi connectivity index (χ3v) is 4.50. The average Bonchev–Trinajstić information content (AvgIpc) is 1.91. The SMILES string of the molecule is NCC[SiH]1CCCCO1. The van der Waals surface area contributed by atoms with Gasteiger partial charge in [-0.15, -0.1) is 0 Å². The van der Waals surface area contributed by atoms with Crippen LogP contribution >= 0.6 is 0 Å². The Kier molecular flexibility index (Phi) is 3.25. The van der Waals surface area contributed by atoms with Crippen molar-refractivity contribution in [3.63, 3.8) is 0 Å². The molecule has 1 unspecified atom stereocenters. The van der Waals surface area contributed by atoms with Gasteiger partial charge in [-0.3, -0.25) is 0 Å². The predicted octanol–water partition coefficient (Wildman–Crippen LogP) is 0.479. The molecule has 54 valence electrons. The summed E-state index contributed by atoms with van der Waals surface area (Å²) in [6.45, 7) is 1.84. The van der Waals surface area contributed by atoms with Crippen molar-refractivity contribution in [2.24, 2.45) is 5.73 Å². The fourth-order valence-corrected chi connectivity index (χ4v) is 3.46. The van der Waals surface area contributed by atoms with Crippen LogP contribution in [0.25, 0.3) is 0 Å². The molecule has 0 amide bonds. The van der Waals surface area contributed by atoms with Gasteiger partial charge in [0.25, 0.3) is 0 Å². The molecule has 0 saturated carbocycles. The van der Waals surface area contributed by atoms with E-state index in [2.05, 4.69) is 0 Å². The maximum atomic E-state index is 5.58. The quantitative estimate of drug-likeness (QED) is 0.574. The molecule has 3 heteroatoms. The van der Waals surface area contributed by atoms with Gasteiger partial charge in [-0.25, -0.2) is 0 Å². The summed E-state index contributed by atoms with van der Waals surface area (Å²) in [5, 5.41) is 0. The van der Waals surface area contributed by atoms with E-state index in [1.807, 2.05) is 0 Å². The normalized spacial score (nSPS) is 28.3. The summed E-state index contributed by atoms with van der Waals surface area (Å²) in [6, 6.07) is 2.54. The minimum atomic E-state index is -0.751. The molecule has 0 aliphatic carbocycles. The van der Waals surface area contributed by atoms with Gasteiger partial charge < -0.3 is 10.2 Å². The highest BCUT2D eigenvalue weighted by atomic mass is 28.3.